The third-order valence-corrected chi connectivity index (χ3v) is 13.3. The number of piperidine rings is 1. The molecule has 7 heterocycles. The Morgan fingerprint density at radius 3 is 1.67 bits per heavy atom. The SMILES string of the molecule is CC(C)(C)c1cn(CCN2CCCCC2)nn1.CC(C)(C)c1cn(CCN2CCOCC2)cn1.CC(C)c1cccc(CN2CCN(C)CC2)c1.CC(C)c1cnn(CCN2CCOCC2)c1. The summed E-state index contributed by atoms with van der Waals surface area (Å²) >= 11 is 0. The maximum absolute atomic E-state index is 5.34. The van der Waals surface area contributed by atoms with E-state index in [1.807, 2.05) is 21.9 Å². The minimum atomic E-state index is 0.101. The quantitative estimate of drug-likeness (QED) is 0.134. The number of nitrogens with zero attached hydrogens (tertiary/aromatic N) is 12. The van der Waals surface area contributed by atoms with Crippen LogP contribution in [0.15, 0.2) is 55.4 Å². The van der Waals surface area contributed by atoms with Crippen LogP contribution in [-0.4, -0.2) is 177 Å². The van der Waals surface area contributed by atoms with Crippen LogP contribution in [0.5, 0.6) is 0 Å². The molecule has 14 nitrogen and oxygen atoms in total. The predicted octanol–water partition coefficient (Wildman–Crippen LogP) is 7.47. The Bertz CT molecular complexity index is 1840. The molecule has 0 atom stereocenters. The van der Waals surface area contributed by atoms with E-state index in [1.54, 1.807) is 0 Å². The Morgan fingerprint density at radius 2 is 1.13 bits per heavy atom. The van der Waals surface area contributed by atoms with Gasteiger partial charge in [-0.1, -0.05) is 105 Å². The molecule has 3 aromatic heterocycles. The summed E-state index contributed by atoms with van der Waals surface area (Å²) in [5, 5.41) is 12.8. The highest BCUT2D eigenvalue weighted by Gasteiger charge is 2.20. The number of ether oxygens (including phenoxy) is 2. The van der Waals surface area contributed by atoms with E-state index in [-0.39, 0.29) is 10.8 Å². The van der Waals surface area contributed by atoms with Crippen molar-refractivity contribution in [2.24, 2.45) is 0 Å². The second-order valence-electron chi connectivity index (χ2n) is 21.8. The third-order valence-electron chi connectivity index (χ3n) is 13.3. The molecule has 0 saturated carbocycles. The van der Waals surface area contributed by atoms with Gasteiger partial charge in [-0.2, -0.15) is 5.10 Å². The lowest BCUT2D eigenvalue weighted by Gasteiger charge is -2.32. The molecule has 0 radical (unpaired) electrons. The Labute approximate surface area is 406 Å². The molecule has 14 heteroatoms. The molecular formula is C53H92N12O2. The van der Waals surface area contributed by atoms with E-state index in [0.717, 1.165) is 104 Å². The zero-order chi connectivity index (χ0) is 48.2. The number of imidazole rings is 1. The summed E-state index contributed by atoms with van der Waals surface area (Å²) in [7, 11) is 2.21. The summed E-state index contributed by atoms with van der Waals surface area (Å²) in [6, 6.07) is 9.05. The zero-order valence-corrected chi connectivity index (χ0v) is 44.0. The smallest absolute Gasteiger partial charge is 0.0950 e. The fraction of sp³-hybridized carbons (Fsp3) is 0.736. The van der Waals surface area contributed by atoms with Crippen molar-refractivity contribution in [2.45, 2.75) is 137 Å². The fourth-order valence-electron chi connectivity index (χ4n) is 8.31. The molecule has 4 aliphatic heterocycles. The van der Waals surface area contributed by atoms with Crippen LogP contribution in [0.3, 0.4) is 0 Å². The normalized spacial score (nSPS) is 18.5. The lowest BCUT2D eigenvalue weighted by atomic mass is 9.93. The van der Waals surface area contributed by atoms with Gasteiger partial charge in [-0.25, -0.2) is 4.98 Å². The highest BCUT2D eigenvalue weighted by Crippen LogP contribution is 2.21. The Balaban J connectivity index is 0.000000167. The zero-order valence-electron chi connectivity index (χ0n) is 44.0. The summed E-state index contributed by atoms with van der Waals surface area (Å²) in [4.78, 5) is 16.8. The Kier molecular flexibility index (Phi) is 22.4. The minimum Gasteiger partial charge on any atom is -0.379 e. The number of likely N-dealkylation sites (N-methyl/N-ethyl adjacent to an activating group) is 1. The van der Waals surface area contributed by atoms with Crippen molar-refractivity contribution in [1.29, 1.82) is 0 Å². The number of hydrogen-bond acceptors (Lipinski definition) is 11. The van der Waals surface area contributed by atoms with Crippen molar-refractivity contribution in [1.82, 2.24) is 58.8 Å². The van der Waals surface area contributed by atoms with E-state index in [0.29, 0.717) is 11.8 Å². The highest BCUT2D eigenvalue weighted by molar-refractivity contribution is 5.25. The van der Waals surface area contributed by atoms with Gasteiger partial charge in [0, 0.05) is 115 Å². The van der Waals surface area contributed by atoms with E-state index in [1.165, 1.54) is 80.9 Å². The van der Waals surface area contributed by atoms with E-state index < -0.39 is 0 Å². The van der Waals surface area contributed by atoms with Crippen molar-refractivity contribution >= 4 is 0 Å². The Morgan fingerprint density at radius 1 is 0.567 bits per heavy atom. The number of piperazine rings is 1. The third kappa shape index (κ3) is 20.2. The molecule has 4 saturated heterocycles. The van der Waals surface area contributed by atoms with Gasteiger partial charge in [0.1, 0.15) is 0 Å². The monoisotopic (exact) mass is 929 g/mol. The molecule has 0 spiro atoms. The van der Waals surface area contributed by atoms with Gasteiger partial charge in [0.25, 0.3) is 0 Å². The summed E-state index contributed by atoms with van der Waals surface area (Å²) < 4.78 is 16.9. The molecule has 4 aliphatic rings. The lowest BCUT2D eigenvalue weighted by Crippen LogP contribution is -2.43. The van der Waals surface area contributed by atoms with Gasteiger partial charge in [-0.05, 0) is 61.5 Å². The first-order chi connectivity index (χ1) is 32.0. The van der Waals surface area contributed by atoms with Crippen LogP contribution >= 0.6 is 0 Å². The average molecular weight is 929 g/mol. The van der Waals surface area contributed by atoms with Crippen molar-refractivity contribution < 1.29 is 9.47 Å². The Hall–Kier alpha value is -3.50. The topological polar surface area (TPSA) is 101 Å². The number of hydrogen-bond donors (Lipinski definition) is 0. The molecular weight excluding hydrogens is 837 g/mol. The molecule has 0 unspecified atom stereocenters. The molecule has 0 aliphatic carbocycles. The molecule has 1 aromatic carbocycles. The first-order valence-corrected chi connectivity index (χ1v) is 25.8. The molecule has 0 bridgehead atoms. The standard InChI is InChI=1S/C15H24N2.C13H24N4.C13H23N3O.C12H21N3O/c1-13(2)15-6-4-5-14(11-15)12-17-9-7-16(3)8-10-17;1-13(2,3)12-11-17(15-14-12)10-9-16-7-5-4-6-8-16;1-13(2,3)12-10-16(11-14-12)5-4-15-6-8-17-9-7-15;1-11(2)12-9-13-15(10-12)4-3-14-5-7-16-8-6-14/h4-6,11,13H,7-10,12H2,1-3H3;11H,4-10H2,1-3H3;10-11H,4-9H2,1-3H3;9-11H,3-8H2,1-2H3. The average Bonchev–Trinajstić information content (AvgIpc) is 4.12. The number of benzene rings is 1. The van der Waals surface area contributed by atoms with Crippen LogP contribution in [0, 0.1) is 0 Å². The molecule has 4 fully saturated rings. The van der Waals surface area contributed by atoms with Gasteiger partial charge in [-0.3, -0.25) is 24.1 Å². The summed E-state index contributed by atoms with van der Waals surface area (Å²) in [6.45, 7) is 44.3. The second-order valence-corrected chi connectivity index (χ2v) is 21.8. The van der Waals surface area contributed by atoms with E-state index in [9.17, 15) is 0 Å². The molecule has 0 amide bonds. The van der Waals surface area contributed by atoms with Crippen molar-refractivity contribution in [3.05, 3.63) is 83.5 Å². The number of rotatable bonds is 13. The second kappa shape index (κ2) is 27.6. The number of morpholine rings is 2. The first kappa shape index (κ1) is 54.4. The van der Waals surface area contributed by atoms with E-state index in [2.05, 4.69) is 169 Å². The van der Waals surface area contributed by atoms with Crippen molar-refractivity contribution in [3.8, 4) is 0 Å². The summed E-state index contributed by atoms with van der Waals surface area (Å²) in [5.74, 6) is 1.19. The maximum Gasteiger partial charge on any atom is 0.0950 e. The van der Waals surface area contributed by atoms with Gasteiger partial charge in [-0.15, -0.1) is 5.10 Å². The number of aromatic nitrogens is 7. The summed E-state index contributed by atoms with van der Waals surface area (Å²) in [5.41, 5.74) is 6.73. The molecule has 8 rings (SSSR count). The van der Waals surface area contributed by atoms with Gasteiger partial charge >= 0.3 is 0 Å². The lowest BCUT2D eigenvalue weighted by molar-refractivity contribution is 0.0359. The van der Waals surface area contributed by atoms with Crippen LogP contribution in [-0.2, 0) is 46.5 Å². The predicted molar refractivity (Wildman–Crippen MR) is 274 cm³/mol. The molecule has 0 N–H and O–H groups in total. The van der Waals surface area contributed by atoms with Gasteiger partial charge in [0.05, 0.1) is 63.4 Å². The van der Waals surface area contributed by atoms with Crippen LogP contribution in [0.25, 0.3) is 0 Å². The fourth-order valence-corrected chi connectivity index (χ4v) is 8.31. The minimum absolute atomic E-state index is 0.101. The van der Waals surface area contributed by atoms with Crippen LogP contribution in [0.2, 0.25) is 0 Å². The van der Waals surface area contributed by atoms with E-state index >= 15 is 0 Å². The highest BCUT2D eigenvalue weighted by atomic mass is 16.5. The van der Waals surface area contributed by atoms with Gasteiger partial charge < -0.3 is 23.8 Å². The molecule has 67 heavy (non-hydrogen) atoms. The van der Waals surface area contributed by atoms with Crippen LogP contribution in [0.1, 0.15) is 128 Å². The van der Waals surface area contributed by atoms with Gasteiger partial charge in [0.2, 0.25) is 0 Å². The molecule has 376 valence electrons. The van der Waals surface area contributed by atoms with Gasteiger partial charge in [0.15, 0.2) is 0 Å². The molecule has 4 aromatic rings. The van der Waals surface area contributed by atoms with Crippen molar-refractivity contribution in [2.75, 3.05) is 119 Å². The largest absolute Gasteiger partial charge is 0.379 e. The maximum atomic E-state index is 5.34. The van der Waals surface area contributed by atoms with Crippen molar-refractivity contribution in [3.63, 3.8) is 0 Å². The van der Waals surface area contributed by atoms with Crippen LogP contribution < -0.4 is 0 Å². The number of likely N-dealkylation sites (tertiary alicyclic amines) is 1. The van der Waals surface area contributed by atoms with Crippen LogP contribution in [0.4, 0.5) is 0 Å². The first-order valence-electron chi connectivity index (χ1n) is 25.8. The van der Waals surface area contributed by atoms with E-state index in [4.69, 9.17) is 9.47 Å². The summed E-state index contributed by atoms with van der Waals surface area (Å²) in [6.07, 6.45) is 14.4.